The fourth-order valence-electron chi connectivity index (χ4n) is 2.97. The molecule has 0 radical (unpaired) electrons. The molecular formula is C22H20N2O5. The summed E-state index contributed by atoms with van der Waals surface area (Å²) in [5.74, 6) is -0.241. The Morgan fingerprint density at radius 2 is 1.59 bits per heavy atom. The van der Waals surface area contributed by atoms with Gasteiger partial charge in [-0.1, -0.05) is 30.3 Å². The van der Waals surface area contributed by atoms with Gasteiger partial charge in [-0.25, -0.2) is 4.79 Å². The maximum absolute atomic E-state index is 11.4. The highest BCUT2D eigenvalue weighted by atomic mass is 16.6. The van der Waals surface area contributed by atoms with Crippen LogP contribution in [0.2, 0.25) is 0 Å². The van der Waals surface area contributed by atoms with E-state index in [1.807, 2.05) is 35.2 Å². The summed E-state index contributed by atoms with van der Waals surface area (Å²) in [6.45, 7) is 0.997. The molecule has 0 aliphatic carbocycles. The largest absolute Gasteiger partial charge is 0.497 e. The van der Waals surface area contributed by atoms with Crippen molar-refractivity contribution >= 4 is 17.3 Å². The van der Waals surface area contributed by atoms with Crippen LogP contribution in [0.4, 0.5) is 11.4 Å². The van der Waals surface area contributed by atoms with Gasteiger partial charge in [-0.15, -0.1) is 0 Å². The van der Waals surface area contributed by atoms with Crippen molar-refractivity contribution in [2.75, 3.05) is 12.0 Å². The molecule has 0 aliphatic heterocycles. The minimum Gasteiger partial charge on any atom is -0.497 e. The molecule has 0 saturated heterocycles. The third-order valence-electron chi connectivity index (χ3n) is 4.51. The molecule has 3 aromatic carbocycles. The molecule has 0 aliphatic rings. The Morgan fingerprint density at radius 1 is 1.00 bits per heavy atom. The standard InChI is InChI=1S/C22H20N2O5/c1-29-21-11-7-17(8-12-21)15-23(20-4-2-3-18(13-20)22(25)26)14-16-5-9-19(10-6-16)24(27)28/h2-13H,14-15H2,1H3,(H,25,26). The molecule has 0 atom stereocenters. The van der Waals surface area contributed by atoms with Crippen LogP contribution in [0.3, 0.4) is 0 Å². The molecular weight excluding hydrogens is 372 g/mol. The van der Waals surface area contributed by atoms with Gasteiger partial charge >= 0.3 is 5.97 Å². The number of nitrogens with zero attached hydrogens (tertiary/aromatic N) is 2. The minimum absolute atomic E-state index is 0.0309. The van der Waals surface area contributed by atoms with Gasteiger partial charge in [-0.3, -0.25) is 10.1 Å². The fourth-order valence-corrected chi connectivity index (χ4v) is 2.97. The van der Waals surface area contributed by atoms with E-state index in [0.29, 0.717) is 13.1 Å². The first-order chi connectivity index (χ1) is 14.0. The van der Waals surface area contributed by atoms with Crippen molar-refractivity contribution < 1.29 is 19.6 Å². The van der Waals surface area contributed by atoms with Crippen molar-refractivity contribution in [3.8, 4) is 5.75 Å². The summed E-state index contributed by atoms with van der Waals surface area (Å²) in [5.41, 5.74) is 2.88. The Bertz CT molecular complexity index is 1000. The van der Waals surface area contributed by atoms with Gasteiger partial charge in [-0.2, -0.15) is 0 Å². The van der Waals surface area contributed by atoms with Gasteiger partial charge in [0.05, 0.1) is 17.6 Å². The van der Waals surface area contributed by atoms with Gasteiger partial charge in [0.15, 0.2) is 0 Å². The van der Waals surface area contributed by atoms with Gasteiger partial charge in [0.25, 0.3) is 5.69 Å². The summed E-state index contributed by atoms with van der Waals surface area (Å²) in [6.07, 6.45) is 0. The zero-order chi connectivity index (χ0) is 20.8. The van der Waals surface area contributed by atoms with E-state index < -0.39 is 10.9 Å². The van der Waals surface area contributed by atoms with Gasteiger partial charge in [0, 0.05) is 30.9 Å². The molecule has 7 heteroatoms. The number of carboxylic acid groups (broad SMARTS) is 1. The highest BCUT2D eigenvalue weighted by Gasteiger charge is 2.13. The van der Waals surface area contributed by atoms with Crippen molar-refractivity contribution in [2.45, 2.75) is 13.1 Å². The van der Waals surface area contributed by atoms with Crippen molar-refractivity contribution in [1.82, 2.24) is 0 Å². The van der Waals surface area contributed by atoms with Crippen molar-refractivity contribution in [1.29, 1.82) is 0 Å². The number of nitro groups is 1. The maximum Gasteiger partial charge on any atom is 0.335 e. The first kappa shape index (κ1) is 19.9. The zero-order valence-corrected chi connectivity index (χ0v) is 15.8. The van der Waals surface area contributed by atoms with E-state index in [-0.39, 0.29) is 11.3 Å². The van der Waals surface area contributed by atoms with Crippen LogP contribution < -0.4 is 9.64 Å². The lowest BCUT2D eigenvalue weighted by Crippen LogP contribution is -2.22. The summed E-state index contributed by atoms with van der Waals surface area (Å²) in [5, 5.41) is 20.2. The Hall–Kier alpha value is -3.87. The topological polar surface area (TPSA) is 92.9 Å². The van der Waals surface area contributed by atoms with E-state index in [4.69, 9.17) is 4.74 Å². The van der Waals surface area contributed by atoms with Crippen LogP contribution in [0.15, 0.2) is 72.8 Å². The number of methoxy groups -OCH3 is 1. The highest BCUT2D eigenvalue weighted by Crippen LogP contribution is 2.23. The van der Waals surface area contributed by atoms with E-state index >= 15 is 0 Å². The van der Waals surface area contributed by atoms with E-state index in [1.54, 1.807) is 37.4 Å². The second-order valence-electron chi connectivity index (χ2n) is 6.48. The van der Waals surface area contributed by atoms with E-state index in [9.17, 15) is 20.0 Å². The lowest BCUT2D eigenvalue weighted by atomic mass is 10.1. The van der Waals surface area contributed by atoms with E-state index in [2.05, 4.69) is 0 Å². The number of nitro benzene ring substituents is 1. The second-order valence-corrected chi connectivity index (χ2v) is 6.48. The van der Waals surface area contributed by atoms with Crippen LogP contribution in [-0.2, 0) is 13.1 Å². The van der Waals surface area contributed by atoms with Gasteiger partial charge < -0.3 is 14.7 Å². The third kappa shape index (κ3) is 5.10. The number of non-ortho nitro benzene ring substituents is 1. The van der Waals surface area contributed by atoms with Crippen molar-refractivity contribution in [2.24, 2.45) is 0 Å². The van der Waals surface area contributed by atoms with E-state index in [0.717, 1.165) is 22.6 Å². The molecule has 29 heavy (non-hydrogen) atoms. The summed E-state index contributed by atoms with van der Waals surface area (Å²) < 4.78 is 5.19. The SMILES string of the molecule is COc1ccc(CN(Cc2ccc([N+](=O)[O-])cc2)c2cccc(C(=O)O)c2)cc1. The Balaban J connectivity index is 1.90. The molecule has 0 unspecified atom stereocenters. The summed E-state index contributed by atoms with van der Waals surface area (Å²) in [6, 6.07) is 20.7. The van der Waals surface area contributed by atoms with Crippen LogP contribution in [0.1, 0.15) is 21.5 Å². The molecule has 0 aromatic heterocycles. The molecule has 0 heterocycles. The number of rotatable bonds is 8. The highest BCUT2D eigenvalue weighted by molar-refractivity contribution is 5.88. The fraction of sp³-hybridized carbons (Fsp3) is 0.136. The Morgan fingerprint density at radius 3 is 2.10 bits per heavy atom. The first-order valence-electron chi connectivity index (χ1n) is 8.91. The molecule has 7 nitrogen and oxygen atoms in total. The number of carboxylic acids is 1. The lowest BCUT2D eigenvalue weighted by Gasteiger charge is -2.25. The molecule has 0 fully saturated rings. The average molecular weight is 392 g/mol. The first-order valence-corrected chi connectivity index (χ1v) is 8.91. The molecule has 3 rings (SSSR count). The number of ether oxygens (including phenoxy) is 1. The molecule has 148 valence electrons. The predicted molar refractivity (Wildman–Crippen MR) is 109 cm³/mol. The number of hydrogen-bond donors (Lipinski definition) is 1. The van der Waals surface area contributed by atoms with Crippen LogP contribution in [0.25, 0.3) is 0 Å². The smallest absolute Gasteiger partial charge is 0.335 e. The number of benzene rings is 3. The van der Waals surface area contributed by atoms with Gasteiger partial charge in [0.2, 0.25) is 0 Å². The van der Waals surface area contributed by atoms with Crippen LogP contribution in [-0.4, -0.2) is 23.1 Å². The Kier molecular flexibility index (Phi) is 6.09. The summed E-state index contributed by atoms with van der Waals surface area (Å²) in [4.78, 5) is 23.8. The predicted octanol–water partition coefficient (Wildman–Crippen LogP) is 4.51. The Labute approximate surface area is 167 Å². The number of anilines is 1. The quantitative estimate of drug-likeness (QED) is 0.448. The lowest BCUT2D eigenvalue weighted by molar-refractivity contribution is -0.384. The van der Waals surface area contributed by atoms with Crippen LogP contribution >= 0.6 is 0 Å². The molecule has 0 spiro atoms. The summed E-state index contributed by atoms with van der Waals surface area (Å²) >= 11 is 0. The number of carbonyl (C=O) groups is 1. The van der Waals surface area contributed by atoms with Gasteiger partial charge in [-0.05, 0) is 41.5 Å². The molecule has 0 bridgehead atoms. The molecule has 0 amide bonds. The van der Waals surface area contributed by atoms with Crippen LogP contribution in [0, 0.1) is 10.1 Å². The van der Waals surface area contributed by atoms with E-state index in [1.165, 1.54) is 12.1 Å². The maximum atomic E-state index is 11.4. The zero-order valence-electron chi connectivity index (χ0n) is 15.8. The minimum atomic E-state index is -0.994. The monoisotopic (exact) mass is 392 g/mol. The van der Waals surface area contributed by atoms with Gasteiger partial charge in [0.1, 0.15) is 5.75 Å². The third-order valence-corrected chi connectivity index (χ3v) is 4.51. The second kappa shape index (κ2) is 8.88. The molecule has 0 saturated carbocycles. The normalized spacial score (nSPS) is 10.4. The number of hydrogen-bond acceptors (Lipinski definition) is 5. The molecule has 1 N–H and O–H groups in total. The summed E-state index contributed by atoms with van der Waals surface area (Å²) in [7, 11) is 1.60. The average Bonchev–Trinajstić information content (AvgIpc) is 2.74. The number of aromatic carboxylic acids is 1. The van der Waals surface area contributed by atoms with Crippen molar-refractivity contribution in [3.63, 3.8) is 0 Å². The van der Waals surface area contributed by atoms with Crippen LogP contribution in [0.5, 0.6) is 5.75 Å². The molecule has 3 aromatic rings. The van der Waals surface area contributed by atoms with Crippen molar-refractivity contribution in [3.05, 3.63) is 99.6 Å².